The van der Waals surface area contributed by atoms with Gasteiger partial charge in [0.1, 0.15) is 0 Å². The third-order valence-electron chi connectivity index (χ3n) is 4.65. The highest BCUT2D eigenvalue weighted by Gasteiger charge is 2.08. The number of fused-ring (bicyclic) bond motifs is 1. The average molecular weight is 471 g/mol. The molecule has 0 atom stereocenters. The largest absolute Gasteiger partial charge is 0.269 e. The molecule has 2 N–H and O–H groups in total. The van der Waals surface area contributed by atoms with E-state index in [9.17, 15) is 9.59 Å². The van der Waals surface area contributed by atoms with Crippen LogP contribution in [-0.2, 0) is 10.5 Å². The first-order valence-electron chi connectivity index (χ1n) is 9.97. The Bertz CT molecular complexity index is 1340. The van der Waals surface area contributed by atoms with Crippen molar-refractivity contribution >= 4 is 51.2 Å². The second-order valence-electron chi connectivity index (χ2n) is 6.91. The second-order valence-corrected chi connectivity index (χ2v) is 9.16. The molecule has 4 aromatic rings. The maximum Gasteiger partial charge on any atom is 0.269 e. The summed E-state index contributed by atoms with van der Waals surface area (Å²) in [6, 6.07) is 24.2. The number of hydrazine groups is 1. The summed E-state index contributed by atoms with van der Waals surface area (Å²) in [5, 5.41) is 9.08. The van der Waals surface area contributed by atoms with Gasteiger partial charge in [-0.3, -0.25) is 20.4 Å². The molecule has 1 aromatic heterocycles. The minimum absolute atomic E-state index is 0.417. The van der Waals surface area contributed by atoms with Crippen LogP contribution in [0.3, 0.4) is 0 Å². The molecule has 3 aromatic carbocycles. The molecule has 4 rings (SSSR count). The fourth-order valence-corrected chi connectivity index (χ4v) is 4.98. The van der Waals surface area contributed by atoms with Crippen molar-refractivity contribution in [1.29, 1.82) is 5.26 Å². The number of aromatic nitrogens is 1. The highest BCUT2D eigenvalue weighted by molar-refractivity contribution is 8.00. The number of nitrogens with one attached hydrogen (secondary N) is 2. The SMILES string of the molecule is N#Cc1ccccc1/C=C/C(=O)NNC(=O)c1ccc(CSc2nc3ccccc3s2)cc1. The van der Waals surface area contributed by atoms with Crippen molar-refractivity contribution in [3.63, 3.8) is 0 Å². The number of hydrogen-bond donors (Lipinski definition) is 2. The van der Waals surface area contributed by atoms with Crippen molar-refractivity contribution in [3.05, 3.63) is 101 Å². The maximum absolute atomic E-state index is 12.3. The summed E-state index contributed by atoms with van der Waals surface area (Å²) in [7, 11) is 0. The van der Waals surface area contributed by atoms with Crippen molar-refractivity contribution in [2.75, 3.05) is 0 Å². The van der Waals surface area contributed by atoms with E-state index in [1.807, 2.05) is 30.3 Å². The van der Waals surface area contributed by atoms with Gasteiger partial charge in [-0.1, -0.05) is 54.2 Å². The van der Waals surface area contributed by atoms with Crippen molar-refractivity contribution in [2.24, 2.45) is 0 Å². The van der Waals surface area contributed by atoms with Gasteiger partial charge in [-0.05, 0) is 47.5 Å². The van der Waals surface area contributed by atoms with Gasteiger partial charge in [-0.15, -0.1) is 11.3 Å². The van der Waals surface area contributed by atoms with Gasteiger partial charge in [0.15, 0.2) is 4.34 Å². The summed E-state index contributed by atoms with van der Waals surface area (Å²) in [5.41, 5.74) is 8.33. The molecule has 0 fully saturated rings. The average Bonchev–Trinajstić information content (AvgIpc) is 3.28. The van der Waals surface area contributed by atoms with E-state index in [1.165, 1.54) is 12.2 Å². The molecule has 0 aliphatic carbocycles. The monoisotopic (exact) mass is 470 g/mol. The number of thioether (sulfide) groups is 1. The van der Waals surface area contributed by atoms with Crippen molar-refractivity contribution in [2.45, 2.75) is 10.1 Å². The number of hydrogen-bond acceptors (Lipinski definition) is 6. The molecule has 162 valence electrons. The molecule has 0 saturated carbocycles. The zero-order valence-electron chi connectivity index (χ0n) is 17.3. The second kappa shape index (κ2) is 10.6. The van der Waals surface area contributed by atoms with Gasteiger partial charge in [0.05, 0.1) is 21.8 Å². The Balaban J connectivity index is 1.27. The number of benzene rings is 3. The van der Waals surface area contributed by atoms with Gasteiger partial charge in [-0.2, -0.15) is 5.26 Å². The third kappa shape index (κ3) is 5.86. The van der Waals surface area contributed by atoms with Crippen LogP contribution in [0.25, 0.3) is 16.3 Å². The van der Waals surface area contributed by atoms with Gasteiger partial charge >= 0.3 is 0 Å². The topological polar surface area (TPSA) is 94.9 Å². The van der Waals surface area contributed by atoms with Crippen LogP contribution in [0.1, 0.15) is 27.0 Å². The minimum Gasteiger partial charge on any atom is -0.268 e. The van der Waals surface area contributed by atoms with Crippen LogP contribution >= 0.6 is 23.1 Å². The summed E-state index contributed by atoms with van der Waals surface area (Å²) in [6.45, 7) is 0. The van der Waals surface area contributed by atoms with E-state index in [2.05, 4.69) is 28.0 Å². The van der Waals surface area contributed by atoms with E-state index >= 15 is 0 Å². The molecule has 0 spiro atoms. The molecule has 0 saturated heterocycles. The van der Waals surface area contributed by atoms with E-state index in [4.69, 9.17) is 5.26 Å². The van der Waals surface area contributed by atoms with Crippen LogP contribution in [0, 0.1) is 11.3 Å². The fourth-order valence-electron chi connectivity index (χ4n) is 2.95. The lowest BCUT2D eigenvalue weighted by Crippen LogP contribution is -2.40. The summed E-state index contributed by atoms with van der Waals surface area (Å²) >= 11 is 3.32. The lowest BCUT2D eigenvalue weighted by molar-refractivity contribution is -0.117. The van der Waals surface area contributed by atoms with E-state index < -0.39 is 11.8 Å². The molecule has 0 bridgehead atoms. The first-order valence-corrected chi connectivity index (χ1v) is 11.8. The number of amides is 2. The van der Waals surface area contributed by atoms with E-state index in [1.54, 1.807) is 59.5 Å². The zero-order chi connectivity index (χ0) is 23.0. The van der Waals surface area contributed by atoms with Gasteiger partial charge in [0.25, 0.3) is 11.8 Å². The predicted octanol–water partition coefficient (Wildman–Crippen LogP) is 4.93. The fraction of sp³-hybridized carbons (Fsp3) is 0.0400. The number of carbonyl (C=O) groups excluding carboxylic acids is 2. The smallest absolute Gasteiger partial charge is 0.268 e. The molecule has 6 nitrogen and oxygen atoms in total. The van der Waals surface area contributed by atoms with Gasteiger partial charge < -0.3 is 0 Å². The van der Waals surface area contributed by atoms with Crippen LogP contribution in [-0.4, -0.2) is 16.8 Å². The van der Waals surface area contributed by atoms with E-state index in [0.717, 1.165) is 25.9 Å². The molecule has 33 heavy (non-hydrogen) atoms. The Labute approximate surface area is 198 Å². The van der Waals surface area contributed by atoms with Gasteiger partial charge in [-0.25, -0.2) is 4.98 Å². The minimum atomic E-state index is -0.500. The quantitative estimate of drug-likeness (QED) is 0.237. The zero-order valence-corrected chi connectivity index (χ0v) is 19.0. The highest BCUT2D eigenvalue weighted by atomic mass is 32.2. The lowest BCUT2D eigenvalue weighted by Gasteiger charge is -2.06. The molecule has 0 radical (unpaired) electrons. The summed E-state index contributed by atoms with van der Waals surface area (Å²) < 4.78 is 2.17. The van der Waals surface area contributed by atoms with Crippen LogP contribution in [0.4, 0.5) is 0 Å². The summed E-state index contributed by atoms with van der Waals surface area (Å²) in [6.07, 6.45) is 2.79. The Morgan fingerprint density at radius 3 is 2.55 bits per heavy atom. The Morgan fingerprint density at radius 2 is 1.76 bits per heavy atom. The molecular weight excluding hydrogens is 452 g/mol. The summed E-state index contributed by atoms with van der Waals surface area (Å²) in [5.74, 6) is -0.174. The number of rotatable bonds is 6. The molecule has 1 heterocycles. The molecule has 0 aliphatic heterocycles. The van der Waals surface area contributed by atoms with Crippen LogP contribution in [0.2, 0.25) is 0 Å². The maximum atomic E-state index is 12.3. The number of thiazole rings is 1. The summed E-state index contributed by atoms with van der Waals surface area (Å²) in [4.78, 5) is 28.9. The first-order chi connectivity index (χ1) is 16.1. The van der Waals surface area contributed by atoms with Gasteiger partial charge in [0.2, 0.25) is 0 Å². The van der Waals surface area contributed by atoms with Gasteiger partial charge in [0, 0.05) is 17.4 Å². The lowest BCUT2D eigenvalue weighted by atomic mass is 10.1. The number of para-hydroxylation sites is 1. The highest BCUT2D eigenvalue weighted by Crippen LogP contribution is 2.31. The molecule has 2 amide bonds. The molecule has 8 heteroatoms. The Morgan fingerprint density at radius 1 is 1.00 bits per heavy atom. The molecule has 0 unspecified atom stereocenters. The standard InChI is InChI=1S/C25H18N4O2S2/c26-15-20-6-2-1-5-18(20)13-14-23(30)28-29-24(31)19-11-9-17(10-12-19)16-32-25-27-21-7-3-4-8-22(21)33-25/h1-14H,16H2,(H,28,30)(H,29,31)/b14-13+. The molecule has 0 aliphatic rings. The third-order valence-corrected chi connectivity index (χ3v) is 6.90. The number of nitrogens with zero attached hydrogens (tertiary/aromatic N) is 2. The Hall–Kier alpha value is -3.93. The van der Waals surface area contributed by atoms with E-state index in [0.29, 0.717) is 16.7 Å². The Kier molecular flexibility index (Phi) is 7.15. The number of carbonyl (C=O) groups is 2. The van der Waals surface area contributed by atoms with E-state index in [-0.39, 0.29) is 0 Å². The molecular formula is C25H18N4O2S2. The van der Waals surface area contributed by atoms with Crippen molar-refractivity contribution in [3.8, 4) is 6.07 Å². The van der Waals surface area contributed by atoms with Crippen molar-refractivity contribution < 1.29 is 9.59 Å². The van der Waals surface area contributed by atoms with Crippen LogP contribution < -0.4 is 10.9 Å². The van der Waals surface area contributed by atoms with Crippen LogP contribution in [0.5, 0.6) is 0 Å². The number of nitriles is 1. The predicted molar refractivity (Wildman–Crippen MR) is 131 cm³/mol. The van der Waals surface area contributed by atoms with Crippen molar-refractivity contribution in [1.82, 2.24) is 15.8 Å². The van der Waals surface area contributed by atoms with Crippen LogP contribution in [0.15, 0.2) is 83.2 Å². The first kappa shape index (κ1) is 22.3. The normalized spacial score (nSPS) is 10.8.